The predicted molar refractivity (Wildman–Crippen MR) is 229 cm³/mol. The molecule has 2 heterocycles. The lowest BCUT2D eigenvalue weighted by atomic mass is 10.0. The minimum absolute atomic E-state index is 0.00234. The van der Waals surface area contributed by atoms with Crippen molar-refractivity contribution in [3.05, 3.63) is 0 Å². The van der Waals surface area contributed by atoms with Gasteiger partial charge in [0.1, 0.15) is 48.3 Å². The standard InChI is InChI=1S/C37H63N11O13S2/c1-17(2)12-22-32(55)46-25(37(60)61)16-63-62-15-20(39)30(53)41-18(3)29(52)42-21(8-5-6-10-38)31(54)43-23(13-27(40)51)33(56)45-24(14-49)36(59)48-11-7-9-26(48)34(57)47-28(19(4)50)35(58)44-22/h17-26,28,49-50H,5-16,38-39H2,1-4H3,(H2,40,51)(H,41,53)(H,42,52)(H,43,54)(H,44,58)(H,45,56)(H,46,55)(H,47,57)(H,60,61)/t18-,19+,20-,21-,22-,23-,24-,25-,26-,28-/m0/s1. The summed E-state index contributed by atoms with van der Waals surface area (Å²) in [4.78, 5) is 133. The fourth-order valence-corrected chi connectivity index (χ4v) is 8.75. The van der Waals surface area contributed by atoms with Gasteiger partial charge in [-0.15, -0.1) is 0 Å². The normalized spacial score (nSPS) is 29.0. The van der Waals surface area contributed by atoms with Gasteiger partial charge < -0.3 is 74.6 Å². The largest absolute Gasteiger partial charge is 0.480 e. The Morgan fingerprint density at radius 3 is 1.94 bits per heavy atom. The Balaban J connectivity index is 2.54. The number of nitrogens with zero attached hydrogens (tertiary/aromatic N) is 1. The van der Waals surface area contributed by atoms with E-state index in [0.717, 1.165) is 26.5 Å². The number of aliphatic carboxylic acids is 1. The van der Waals surface area contributed by atoms with Gasteiger partial charge in [-0.05, 0) is 64.8 Å². The van der Waals surface area contributed by atoms with Gasteiger partial charge in [0, 0.05) is 18.1 Å². The van der Waals surface area contributed by atoms with Gasteiger partial charge in [-0.1, -0.05) is 35.4 Å². The van der Waals surface area contributed by atoms with E-state index >= 15 is 0 Å². The molecule has 9 amide bonds. The third kappa shape index (κ3) is 17.7. The first-order chi connectivity index (χ1) is 29.6. The monoisotopic (exact) mass is 933 g/mol. The Kier molecular flexibility index (Phi) is 23.1. The molecule has 24 nitrogen and oxygen atoms in total. The number of hydrogen-bond donors (Lipinski definition) is 13. The smallest absolute Gasteiger partial charge is 0.327 e. The van der Waals surface area contributed by atoms with Gasteiger partial charge in [0.15, 0.2) is 0 Å². The summed E-state index contributed by atoms with van der Waals surface area (Å²) < 4.78 is 0. The van der Waals surface area contributed by atoms with E-state index in [0.29, 0.717) is 12.8 Å². The number of carboxylic acid groups (broad SMARTS) is 1. The summed E-state index contributed by atoms with van der Waals surface area (Å²) in [5.74, 6) is -10.3. The highest BCUT2D eigenvalue weighted by Gasteiger charge is 2.41. The van der Waals surface area contributed by atoms with Gasteiger partial charge in [0.2, 0.25) is 53.2 Å². The van der Waals surface area contributed by atoms with Gasteiger partial charge in [-0.2, -0.15) is 0 Å². The molecule has 2 fully saturated rings. The number of primary amides is 1. The molecule has 0 saturated carbocycles. The first kappa shape index (κ1) is 54.4. The maximum absolute atomic E-state index is 13.8. The van der Waals surface area contributed by atoms with Crippen LogP contribution in [0.2, 0.25) is 0 Å². The number of aliphatic hydroxyl groups excluding tert-OH is 2. The number of nitrogens with one attached hydrogen (secondary N) is 7. The Morgan fingerprint density at radius 1 is 0.762 bits per heavy atom. The molecular weight excluding hydrogens is 871 g/mol. The lowest BCUT2D eigenvalue weighted by molar-refractivity contribution is -0.144. The van der Waals surface area contributed by atoms with Gasteiger partial charge in [-0.3, -0.25) is 43.2 Å². The van der Waals surface area contributed by atoms with Gasteiger partial charge >= 0.3 is 5.97 Å². The van der Waals surface area contributed by atoms with Crippen LogP contribution in [0.15, 0.2) is 0 Å². The van der Waals surface area contributed by atoms with Crippen LogP contribution < -0.4 is 54.4 Å². The van der Waals surface area contributed by atoms with Crippen LogP contribution in [-0.2, 0) is 47.9 Å². The van der Waals surface area contributed by atoms with E-state index in [9.17, 15) is 63.3 Å². The minimum atomic E-state index is -1.72. The van der Waals surface area contributed by atoms with E-state index in [-0.39, 0.29) is 56.2 Å². The summed E-state index contributed by atoms with van der Waals surface area (Å²) in [5.41, 5.74) is 17.0. The molecule has 0 bridgehead atoms. The topological polar surface area (TPSA) is 397 Å². The predicted octanol–water partition coefficient (Wildman–Crippen LogP) is -5.38. The number of carboxylic acids is 1. The third-order valence-corrected chi connectivity index (χ3v) is 12.4. The summed E-state index contributed by atoms with van der Waals surface area (Å²) in [7, 11) is 1.98. The van der Waals surface area contributed by atoms with Gasteiger partial charge in [0.05, 0.1) is 25.2 Å². The van der Waals surface area contributed by atoms with E-state index in [1.165, 1.54) is 13.8 Å². The number of rotatable bonds is 11. The Bertz CT molecular complexity index is 1660. The Morgan fingerprint density at radius 2 is 1.35 bits per heavy atom. The molecule has 2 saturated heterocycles. The molecule has 63 heavy (non-hydrogen) atoms. The number of nitrogens with two attached hydrogens (primary N) is 3. The van der Waals surface area contributed by atoms with E-state index in [1.807, 2.05) is 0 Å². The number of amides is 9. The zero-order valence-corrected chi connectivity index (χ0v) is 37.4. The van der Waals surface area contributed by atoms with E-state index in [4.69, 9.17) is 17.2 Å². The van der Waals surface area contributed by atoms with Crippen LogP contribution in [0.1, 0.15) is 72.6 Å². The van der Waals surface area contributed by atoms with Crippen molar-refractivity contribution in [2.45, 2.75) is 133 Å². The number of carbonyl (C=O) groups is 10. The highest BCUT2D eigenvalue weighted by atomic mass is 33.1. The maximum Gasteiger partial charge on any atom is 0.327 e. The number of unbranched alkanes of at least 4 members (excludes halogenated alkanes) is 1. The van der Waals surface area contributed by atoms with Crippen LogP contribution in [0, 0.1) is 5.92 Å². The maximum atomic E-state index is 13.8. The quantitative estimate of drug-likeness (QED) is 0.0679. The van der Waals surface area contributed by atoms with E-state index in [2.05, 4.69) is 37.2 Å². The van der Waals surface area contributed by atoms with Crippen molar-refractivity contribution >= 4 is 80.7 Å². The molecule has 2 rings (SSSR count). The first-order valence-corrected chi connectivity index (χ1v) is 23.0. The molecular formula is C37H63N11O13S2. The van der Waals surface area contributed by atoms with Crippen molar-refractivity contribution < 1.29 is 63.3 Å². The molecule has 0 spiro atoms. The SMILES string of the molecule is CC(C)C[C@@H]1NC(=O)[C@H]([C@@H](C)O)NC(=O)[C@@H]2CCCN2C(=O)[C@H](CO)NC(=O)[C@H](CC(N)=O)NC(=O)[C@H](CCCCN)NC(=O)[C@H](C)NC(=O)[C@@H](N)CSSC[C@@H](C(=O)O)NC1=O. The highest BCUT2D eigenvalue weighted by molar-refractivity contribution is 8.76. The van der Waals surface area contributed by atoms with Crippen molar-refractivity contribution in [3.63, 3.8) is 0 Å². The summed E-state index contributed by atoms with van der Waals surface area (Å²) in [5, 5.41) is 47.6. The van der Waals surface area contributed by atoms with E-state index < -0.39 is 133 Å². The summed E-state index contributed by atoms with van der Waals surface area (Å²) in [6.07, 6.45) is -1.21. The molecule has 0 aromatic carbocycles. The van der Waals surface area contributed by atoms with Gasteiger partial charge in [0.25, 0.3) is 0 Å². The number of aliphatic hydroxyl groups is 2. The average Bonchev–Trinajstić information content (AvgIpc) is 3.71. The van der Waals surface area contributed by atoms with Crippen molar-refractivity contribution in [1.82, 2.24) is 42.1 Å². The molecule has 2 aliphatic heterocycles. The summed E-state index contributed by atoms with van der Waals surface area (Å²) in [6.45, 7) is 5.20. The molecule has 2 aliphatic rings. The zero-order valence-electron chi connectivity index (χ0n) is 35.8. The van der Waals surface area contributed by atoms with Crippen LogP contribution in [-0.4, -0.2) is 171 Å². The summed E-state index contributed by atoms with van der Waals surface area (Å²) in [6, 6.07) is -13.0. The number of fused-ring (bicyclic) bond motifs is 1. The average molecular weight is 934 g/mol. The van der Waals surface area contributed by atoms with Crippen LogP contribution in [0.4, 0.5) is 0 Å². The zero-order chi connectivity index (χ0) is 47.6. The second-order valence-electron chi connectivity index (χ2n) is 15.7. The van der Waals surface area contributed by atoms with Crippen molar-refractivity contribution in [2.24, 2.45) is 23.1 Å². The Hall–Kier alpha value is -4.76. The number of carbonyl (C=O) groups excluding carboxylic acids is 9. The van der Waals surface area contributed by atoms with Crippen LogP contribution in [0.25, 0.3) is 0 Å². The lowest BCUT2D eigenvalue weighted by Gasteiger charge is -2.31. The minimum Gasteiger partial charge on any atom is -0.480 e. The fourth-order valence-electron chi connectivity index (χ4n) is 6.47. The lowest BCUT2D eigenvalue weighted by Crippen LogP contribution is -2.62. The summed E-state index contributed by atoms with van der Waals surface area (Å²) >= 11 is 0. The first-order valence-electron chi connectivity index (χ1n) is 20.5. The van der Waals surface area contributed by atoms with Crippen molar-refractivity contribution in [3.8, 4) is 0 Å². The van der Waals surface area contributed by atoms with Crippen LogP contribution in [0.3, 0.4) is 0 Å². The highest BCUT2D eigenvalue weighted by Crippen LogP contribution is 2.23. The van der Waals surface area contributed by atoms with Crippen LogP contribution in [0.5, 0.6) is 0 Å². The second-order valence-corrected chi connectivity index (χ2v) is 18.3. The van der Waals surface area contributed by atoms with E-state index in [1.54, 1.807) is 13.8 Å². The molecule has 0 aromatic rings. The van der Waals surface area contributed by atoms with Gasteiger partial charge in [-0.25, -0.2) is 4.79 Å². The molecule has 0 radical (unpaired) electrons. The van der Waals surface area contributed by atoms with Crippen LogP contribution >= 0.6 is 21.6 Å². The molecule has 26 heteroatoms. The molecule has 0 aromatic heterocycles. The van der Waals surface area contributed by atoms with Crippen molar-refractivity contribution in [2.75, 3.05) is 31.2 Å². The Labute approximate surface area is 372 Å². The molecule has 356 valence electrons. The third-order valence-electron chi connectivity index (χ3n) is 9.93. The molecule has 0 aliphatic carbocycles. The van der Waals surface area contributed by atoms with Crippen molar-refractivity contribution in [1.29, 1.82) is 0 Å². The molecule has 10 atom stereocenters. The molecule has 0 unspecified atom stereocenters. The fraction of sp³-hybridized carbons (Fsp3) is 0.730. The second kappa shape index (κ2) is 26.8. The number of hydrogen-bond acceptors (Lipinski definition) is 16. The molecule has 16 N–H and O–H groups in total.